The summed E-state index contributed by atoms with van der Waals surface area (Å²) in [5.74, 6) is -3.99. The number of hydrogen-bond donors (Lipinski definition) is 8. The molecule has 0 aliphatic carbocycles. The van der Waals surface area contributed by atoms with Gasteiger partial charge in [-0.2, -0.15) is 0 Å². The summed E-state index contributed by atoms with van der Waals surface area (Å²) >= 11 is 0. The van der Waals surface area contributed by atoms with Crippen molar-refractivity contribution in [3.05, 3.63) is 34.5 Å². The molecule has 13 heteroatoms. The van der Waals surface area contributed by atoms with Crippen LogP contribution in [0.1, 0.15) is 0 Å². The van der Waals surface area contributed by atoms with Crippen molar-refractivity contribution in [3.8, 4) is 45.8 Å². The van der Waals surface area contributed by atoms with Gasteiger partial charge in [0, 0.05) is 11.6 Å². The van der Waals surface area contributed by atoms with Gasteiger partial charge in [0.2, 0.25) is 23.2 Å². The highest BCUT2D eigenvalue weighted by molar-refractivity contribution is 5.91. The number of phenols is 3. The van der Waals surface area contributed by atoms with Gasteiger partial charge in [0.15, 0.2) is 28.8 Å². The number of methoxy groups -OCH3 is 1. The molecule has 4 rings (SSSR count). The van der Waals surface area contributed by atoms with E-state index >= 15 is 0 Å². The first-order chi connectivity index (χ1) is 16.6. The molecule has 0 amide bonds. The van der Waals surface area contributed by atoms with Crippen LogP contribution in [-0.2, 0) is 4.74 Å². The molecule has 2 unspecified atom stereocenters. The van der Waals surface area contributed by atoms with E-state index < -0.39 is 71.1 Å². The average molecular weight is 494 g/mol. The highest BCUT2D eigenvalue weighted by Gasteiger charge is 2.45. The molecule has 0 spiro atoms. The van der Waals surface area contributed by atoms with E-state index in [-0.39, 0.29) is 28.4 Å². The van der Waals surface area contributed by atoms with Crippen LogP contribution in [0.5, 0.6) is 34.5 Å². The number of phenolic OH excluding ortho intramolecular Hbond substituents is 3. The van der Waals surface area contributed by atoms with E-state index in [0.717, 1.165) is 6.07 Å². The maximum absolute atomic E-state index is 12.8. The van der Waals surface area contributed by atoms with Crippen molar-refractivity contribution in [3.63, 3.8) is 0 Å². The number of aliphatic hydroxyl groups is 4. The summed E-state index contributed by atoms with van der Waals surface area (Å²) in [5, 5.41) is 79.7. The molecule has 1 saturated heterocycles. The van der Waals surface area contributed by atoms with Crippen molar-refractivity contribution in [2.75, 3.05) is 13.7 Å². The standard InChI is InChI=1S/C22H22O13/c1-32-9-4-7(2-3-8(9)24)21-19(30)17(28)13-10(33-21)5-11(14(25)16(13)27)34-22-20(31)18(29)15(26)12(6-23)35-22/h2-5,12,15,18,20,22-27,29-31H,6H2,1H3/t12?,15-,18-,20?,22+/m0/s1. The van der Waals surface area contributed by atoms with E-state index in [1.807, 2.05) is 0 Å². The monoisotopic (exact) mass is 494 g/mol. The minimum Gasteiger partial charge on any atom is -0.504 e. The Kier molecular flexibility index (Phi) is 6.36. The zero-order chi connectivity index (χ0) is 25.6. The van der Waals surface area contributed by atoms with Gasteiger partial charge >= 0.3 is 0 Å². The number of hydrogen-bond acceptors (Lipinski definition) is 13. The quantitative estimate of drug-likeness (QED) is 0.209. The van der Waals surface area contributed by atoms with Crippen LogP contribution >= 0.6 is 0 Å². The summed E-state index contributed by atoms with van der Waals surface area (Å²) in [5.41, 5.74) is -1.33. The Morgan fingerprint density at radius 2 is 1.63 bits per heavy atom. The molecule has 3 aromatic rings. The van der Waals surface area contributed by atoms with Crippen molar-refractivity contribution in [2.24, 2.45) is 0 Å². The molecule has 5 atom stereocenters. The van der Waals surface area contributed by atoms with E-state index in [1.165, 1.54) is 25.3 Å². The van der Waals surface area contributed by atoms with Gasteiger partial charge in [-0.25, -0.2) is 0 Å². The van der Waals surface area contributed by atoms with Gasteiger partial charge in [0.05, 0.1) is 13.7 Å². The summed E-state index contributed by atoms with van der Waals surface area (Å²) in [4.78, 5) is 12.8. The zero-order valence-electron chi connectivity index (χ0n) is 18.0. The van der Waals surface area contributed by atoms with Crippen LogP contribution in [0.25, 0.3) is 22.3 Å². The number of aliphatic hydroxyl groups excluding tert-OH is 4. The van der Waals surface area contributed by atoms with Crippen molar-refractivity contribution in [1.82, 2.24) is 0 Å². The molecule has 1 aliphatic heterocycles. The first kappa shape index (κ1) is 24.4. The Morgan fingerprint density at radius 3 is 2.29 bits per heavy atom. The lowest BCUT2D eigenvalue weighted by Crippen LogP contribution is -2.60. The number of aromatic hydroxyl groups is 4. The third-order valence-electron chi connectivity index (χ3n) is 5.61. The predicted molar refractivity (Wildman–Crippen MR) is 116 cm³/mol. The molecule has 0 bridgehead atoms. The van der Waals surface area contributed by atoms with Crippen LogP contribution in [0.3, 0.4) is 0 Å². The molecular weight excluding hydrogens is 472 g/mol. The fourth-order valence-corrected chi connectivity index (χ4v) is 3.69. The van der Waals surface area contributed by atoms with Gasteiger partial charge in [-0.15, -0.1) is 0 Å². The van der Waals surface area contributed by atoms with Crippen molar-refractivity contribution >= 4 is 11.0 Å². The Bertz CT molecular complexity index is 1320. The third-order valence-corrected chi connectivity index (χ3v) is 5.61. The number of fused-ring (bicyclic) bond motifs is 1. The largest absolute Gasteiger partial charge is 0.504 e. The van der Waals surface area contributed by atoms with E-state index in [4.69, 9.17) is 18.6 Å². The average Bonchev–Trinajstić information content (AvgIpc) is 2.84. The van der Waals surface area contributed by atoms with E-state index in [1.54, 1.807) is 0 Å². The molecule has 13 nitrogen and oxygen atoms in total. The highest BCUT2D eigenvalue weighted by atomic mass is 16.7. The maximum Gasteiger partial charge on any atom is 0.238 e. The predicted octanol–water partition coefficient (Wildman–Crippen LogP) is -0.530. The lowest BCUT2D eigenvalue weighted by molar-refractivity contribution is -0.277. The molecule has 188 valence electrons. The second-order valence-electron chi connectivity index (χ2n) is 7.76. The lowest BCUT2D eigenvalue weighted by atomic mass is 9.99. The van der Waals surface area contributed by atoms with Gasteiger partial charge < -0.3 is 59.5 Å². The SMILES string of the molecule is COc1cc(-c2oc3cc(O[C@@H]4OC(CO)[C@H](O)[C@H](O)C4O)c(O)c(O)c3c(=O)c2O)ccc1O. The second-order valence-corrected chi connectivity index (χ2v) is 7.76. The van der Waals surface area contributed by atoms with Gasteiger partial charge in [-0.3, -0.25) is 4.79 Å². The smallest absolute Gasteiger partial charge is 0.238 e. The highest BCUT2D eigenvalue weighted by Crippen LogP contribution is 2.44. The molecular formula is C22H22O13. The molecule has 2 heterocycles. The molecule has 8 N–H and O–H groups in total. The molecule has 1 fully saturated rings. The number of benzene rings is 2. The number of ether oxygens (including phenoxy) is 3. The van der Waals surface area contributed by atoms with Crippen molar-refractivity contribution < 1.29 is 59.5 Å². The van der Waals surface area contributed by atoms with E-state index in [9.17, 15) is 45.6 Å². The maximum atomic E-state index is 12.8. The Hall–Kier alpha value is -3.75. The van der Waals surface area contributed by atoms with Gasteiger partial charge in [-0.05, 0) is 18.2 Å². The van der Waals surface area contributed by atoms with E-state index in [2.05, 4.69) is 0 Å². The Balaban J connectivity index is 1.82. The zero-order valence-corrected chi connectivity index (χ0v) is 18.0. The van der Waals surface area contributed by atoms with Crippen LogP contribution in [0.4, 0.5) is 0 Å². The molecule has 35 heavy (non-hydrogen) atoms. The van der Waals surface area contributed by atoms with Crippen LogP contribution in [0.15, 0.2) is 33.5 Å². The fourth-order valence-electron chi connectivity index (χ4n) is 3.69. The summed E-state index contributed by atoms with van der Waals surface area (Å²) in [6, 6.07) is 4.81. The second kappa shape index (κ2) is 9.13. The lowest BCUT2D eigenvalue weighted by Gasteiger charge is -2.39. The molecule has 0 saturated carbocycles. The van der Waals surface area contributed by atoms with Crippen LogP contribution in [0.2, 0.25) is 0 Å². The molecule has 1 aliphatic rings. The normalized spacial score (nSPS) is 24.4. The number of rotatable bonds is 5. The summed E-state index contributed by atoms with van der Waals surface area (Å²) in [6.45, 7) is -0.729. The summed E-state index contributed by atoms with van der Waals surface area (Å²) < 4.78 is 21.2. The minimum atomic E-state index is -1.82. The third kappa shape index (κ3) is 4.05. The Labute approximate surface area is 195 Å². The minimum absolute atomic E-state index is 0.0184. The van der Waals surface area contributed by atoms with Crippen LogP contribution in [0, 0.1) is 0 Å². The molecule has 0 radical (unpaired) electrons. The van der Waals surface area contributed by atoms with Crippen LogP contribution < -0.4 is 14.9 Å². The van der Waals surface area contributed by atoms with Crippen LogP contribution in [-0.4, -0.2) is 85.3 Å². The fraction of sp³-hybridized carbons (Fsp3) is 0.318. The molecule has 2 aromatic carbocycles. The first-order valence-corrected chi connectivity index (χ1v) is 10.2. The van der Waals surface area contributed by atoms with Gasteiger partial charge in [-0.1, -0.05) is 0 Å². The van der Waals surface area contributed by atoms with Crippen molar-refractivity contribution in [2.45, 2.75) is 30.7 Å². The molecule has 1 aromatic heterocycles. The Morgan fingerprint density at radius 1 is 0.914 bits per heavy atom. The van der Waals surface area contributed by atoms with Gasteiger partial charge in [0.25, 0.3) is 0 Å². The summed E-state index contributed by atoms with van der Waals surface area (Å²) in [7, 11) is 1.29. The summed E-state index contributed by atoms with van der Waals surface area (Å²) in [6.07, 6.45) is -8.26. The van der Waals surface area contributed by atoms with Gasteiger partial charge in [0.1, 0.15) is 35.4 Å². The van der Waals surface area contributed by atoms with Crippen molar-refractivity contribution in [1.29, 1.82) is 0 Å². The van der Waals surface area contributed by atoms with E-state index in [0.29, 0.717) is 0 Å². The first-order valence-electron chi connectivity index (χ1n) is 10.2. The topological polar surface area (TPSA) is 220 Å².